The highest BCUT2D eigenvalue weighted by Gasteiger charge is 2.17. The molecule has 1 aromatic carbocycles. The summed E-state index contributed by atoms with van der Waals surface area (Å²) in [5, 5.41) is 3.06. The van der Waals surface area contributed by atoms with Gasteiger partial charge in [-0.05, 0) is 38.8 Å². The first kappa shape index (κ1) is 16.7. The molecule has 0 bridgehead atoms. The number of nitrogens with zero attached hydrogens (tertiary/aromatic N) is 3. The molecule has 5 nitrogen and oxygen atoms in total. The maximum atomic E-state index is 12.2. The molecular formula is C19H26N4O. The van der Waals surface area contributed by atoms with Crippen molar-refractivity contribution in [3.8, 4) is 11.4 Å². The van der Waals surface area contributed by atoms with Crippen molar-refractivity contribution < 1.29 is 4.79 Å². The van der Waals surface area contributed by atoms with E-state index in [0.717, 1.165) is 30.9 Å². The van der Waals surface area contributed by atoms with Crippen molar-refractivity contribution in [2.24, 2.45) is 5.92 Å². The van der Waals surface area contributed by atoms with Crippen LogP contribution in [0.15, 0.2) is 42.7 Å². The van der Waals surface area contributed by atoms with Gasteiger partial charge in [0, 0.05) is 31.0 Å². The Kier molecular flexibility index (Phi) is 5.64. The zero-order chi connectivity index (χ0) is 16.8. The number of carbonyl (C=O) groups excluding carboxylic acids is 1. The van der Waals surface area contributed by atoms with E-state index in [1.807, 2.05) is 41.1 Å². The van der Waals surface area contributed by atoms with Crippen molar-refractivity contribution in [1.82, 2.24) is 19.8 Å². The van der Waals surface area contributed by atoms with Gasteiger partial charge in [-0.1, -0.05) is 30.3 Å². The van der Waals surface area contributed by atoms with Crippen LogP contribution < -0.4 is 5.32 Å². The summed E-state index contributed by atoms with van der Waals surface area (Å²) >= 11 is 0. The number of hydrogen-bond acceptors (Lipinski definition) is 3. The second-order valence-electron chi connectivity index (χ2n) is 6.65. The third-order valence-corrected chi connectivity index (χ3v) is 4.66. The van der Waals surface area contributed by atoms with Crippen molar-refractivity contribution in [2.75, 3.05) is 26.7 Å². The van der Waals surface area contributed by atoms with Crippen LogP contribution in [0, 0.1) is 5.92 Å². The summed E-state index contributed by atoms with van der Waals surface area (Å²) in [5.41, 5.74) is 1.03. The maximum absolute atomic E-state index is 12.2. The molecule has 1 aliphatic rings. The van der Waals surface area contributed by atoms with Gasteiger partial charge in [0.05, 0.1) is 0 Å². The van der Waals surface area contributed by atoms with Gasteiger partial charge in [-0.3, -0.25) is 4.79 Å². The number of piperidine rings is 1. The molecule has 1 amide bonds. The first-order valence-corrected chi connectivity index (χ1v) is 8.74. The number of likely N-dealkylation sites (tertiary alicyclic amines) is 1. The molecule has 2 aromatic rings. The third-order valence-electron chi connectivity index (χ3n) is 4.66. The summed E-state index contributed by atoms with van der Waals surface area (Å²) in [7, 11) is 2.18. The third kappa shape index (κ3) is 4.45. The molecule has 1 saturated heterocycles. The molecule has 128 valence electrons. The van der Waals surface area contributed by atoms with Gasteiger partial charge >= 0.3 is 0 Å². The lowest BCUT2D eigenvalue weighted by Gasteiger charge is -2.29. The highest BCUT2D eigenvalue weighted by atomic mass is 16.1. The van der Waals surface area contributed by atoms with E-state index in [4.69, 9.17) is 0 Å². The molecule has 1 fully saturated rings. The fourth-order valence-corrected chi connectivity index (χ4v) is 3.42. The van der Waals surface area contributed by atoms with Gasteiger partial charge in [0.2, 0.25) is 5.91 Å². The largest absolute Gasteiger partial charge is 0.355 e. The van der Waals surface area contributed by atoms with E-state index in [1.165, 1.54) is 19.4 Å². The number of nitrogens with one attached hydrogen (secondary N) is 1. The number of hydrogen-bond donors (Lipinski definition) is 1. The summed E-state index contributed by atoms with van der Waals surface area (Å²) in [5.74, 6) is 1.59. The molecule has 1 aliphatic heterocycles. The number of imidazole rings is 1. The SMILES string of the molecule is CN1CCC[C@@H](CCNC(=O)Cn2ccnc2-c2ccccc2)C1. The molecule has 0 aliphatic carbocycles. The van der Waals surface area contributed by atoms with E-state index in [0.29, 0.717) is 12.5 Å². The quantitative estimate of drug-likeness (QED) is 0.887. The highest BCUT2D eigenvalue weighted by molar-refractivity contribution is 5.76. The van der Waals surface area contributed by atoms with Gasteiger partial charge in [-0.15, -0.1) is 0 Å². The second-order valence-corrected chi connectivity index (χ2v) is 6.65. The Morgan fingerprint density at radius 1 is 1.33 bits per heavy atom. The average Bonchev–Trinajstić information content (AvgIpc) is 3.04. The molecule has 24 heavy (non-hydrogen) atoms. The molecule has 0 unspecified atom stereocenters. The summed E-state index contributed by atoms with van der Waals surface area (Å²) in [6.45, 7) is 3.42. The Hall–Kier alpha value is -2.14. The summed E-state index contributed by atoms with van der Waals surface area (Å²) in [6, 6.07) is 9.96. The number of benzene rings is 1. The van der Waals surface area contributed by atoms with Crippen LogP contribution in [0.1, 0.15) is 19.3 Å². The van der Waals surface area contributed by atoms with Crippen LogP contribution in [0.2, 0.25) is 0 Å². The summed E-state index contributed by atoms with van der Waals surface area (Å²) in [4.78, 5) is 19.0. The van der Waals surface area contributed by atoms with E-state index in [9.17, 15) is 4.79 Å². The number of amides is 1. The van der Waals surface area contributed by atoms with Crippen LogP contribution in [0.3, 0.4) is 0 Å². The van der Waals surface area contributed by atoms with Crippen LogP contribution in [0.4, 0.5) is 0 Å². The van der Waals surface area contributed by atoms with Crippen LogP contribution in [0.25, 0.3) is 11.4 Å². The summed E-state index contributed by atoms with van der Waals surface area (Å²) < 4.78 is 1.90. The maximum Gasteiger partial charge on any atom is 0.239 e. The topological polar surface area (TPSA) is 50.2 Å². The Balaban J connectivity index is 1.48. The van der Waals surface area contributed by atoms with E-state index < -0.39 is 0 Å². The molecule has 0 saturated carbocycles. The predicted molar refractivity (Wildman–Crippen MR) is 95.5 cm³/mol. The van der Waals surface area contributed by atoms with Crippen molar-refractivity contribution in [3.05, 3.63) is 42.7 Å². The van der Waals surface area contributed by atoms with E-state index >= 15 is 0 Å². The Morgan fingerprint density at radius 3 is 2.96 bits per heavy atom. The molecule has 3 rings (SSSR count). The first-order chi connectivity index (χ1) is 11.7. The number of carbonyl (C=O) groups is 1. The van der Waals surface area contributed by atoms with Crippen LogP contribution in [-0.2, 0) is 11.3 Å². The number of aromatic nitrogens is 2. The molecule has 5 heteroatoms. The Labute approximate surface area is 143 Å². The van der Waals surface area contributed by atoms with Crippen LogP contribution >= 0.6 is 0 Å². The molecule has 1 N–H and O–H groups in total. The fourth-order valence-electron chi connectivity index (χ4n) is 3.42. The normalized spacial score (nSPS) is 18.5. The van der Waals surface area contributed by atoms with Crippen molar-refractivity contribution in [3.63, 3.8) is 0 Å². The fraction of sp³-hybridized carbons (Fsp3) is 0.474. The van der Waals surface area contributed by atoms with Gasteiger partial charge in [0.25, 0.3) is 0 Å². The Morgan fingerprint density at radius 2 is 2.17 bits per heavy atom. The lowest BCUT2D eigenvalue weighted by molar-refractivity contribution is -0.121. The zero-order valence-electron chi connectivity index (χ0n) is 14.3. The summed E-state index contributed by atoms with van der Waals surface area (Å²) in [6.07, 6.45) is 7.21. The van der Waals surface area contributed by atoms with Crippen molar-refractivity contribution in [1.29, 1.82) is 0 Å². The number of rotatable bonds is 6. The lowest BCUT2D eigenvalue weighted by Crippen LogP contribution is -2.35. The Bertz CT molecular complexity index is 652. The van der Waals surface area contributed by atoms with Crippen molar-refractivity contribution >= 4 is 5.91 Å². The van der Waals surface area contributed by atoms with Gasteiger partial charge in [-0.2, -0.15) is 0 Å². The first-order valence-electron chi connectivity index (χ1n) is 8.74. The molecule has 1 aromatic heterocycles. The molecular weight excluding hydrogens is 300 g/mol. The smallest absolute Gasteiger partial charge is 0.239 e. The lowest BCUT2D eigenvalue weighted by atomic mass is 9.95. The minimum Gasteiger partial charge on any atom is -0.355 e. The molecule has 2 heterocycles. The standard InChI is InChI=1S/C19H26N4O/c1-22-12-5-6-16(14-22)9-10-20-18(24)15-23-13-11-21-19(23)17-7-3-2-4-8-17/h2-4,7-8,11,13,16H,5-6,9-10,12,14-15H2,1H3,(H,20,24)/t16-/m0/s1. The minimum atomic E-state index is 0.0503. The van der Waals surface area contributed by atoms with Crippen molar-refractivity contribution in [2.45, 2.75) is 25.8 Å². The van der Waals surface area contributed by atoms with E-state index in [2.05, 4.69) is 22.2 Å². The predicted octanol–water partition coefficient (Wildman–Crippen LogP) is 2.40. The molecule has 0 radical (unpaired) electrons. The van der Waals surface area contributed by atoms with Crippen LogP contribution in [-0.4, -0.2) is 47.0 Å². The second kappa shape index (κ2) is 8.11. The average molecular weight is 326 g/mol. The van der Waals surface area contributed by atoms with Gasteiger partial charge < -0.3 is 14.8 Å². The molecule has 1 atom stereocenters. The zero-order valence-corrected chi connectivity index (χ0v) is 14.3. The monoisotopic (exact) mass is 326 g/mol. The minimum absolute atomic E-state index is 0.0503. The van der Waals surface area contributed by atoms with Gasteiger partial charge in [-0.25, -0.2) is 4.98 Å². The molecule has 0 spiro atoms. The van der Waals surface area contributed by atoms with Gasteiger partial charge in [0.1, 0.15) is 12.4 Å². The highest BCUT2D eigenvalue weighted by Crippen LogP contribution is 2.18. The van der Waals surface area contributed by atoms with Gasteiger partial charge in [0.15, 0.2) is 0 Å². The van der Waals surface area contributed by atoms with E-state index in [1.54, 1.807) is 6.20 Å². The van der Waals surface area contributed by atoms with E-state index in [-0.39, 0.29) is 5.91 Å². The van der Waals surface area contributed by atoms with Crippen LogP contribution in [0.5, 0.6) is 0 Å².